The zero-order valence-corrected chi connectivity index (χ0v) is 27.3. The smallest absolute Gasteiger partial charge is 0.652 e. The van der Waals surface area contributed by atoms with Crippen molar-refractivity contribution >= 4 is 53.8 Å². The fourth-order valence-electron chi connectivity index (χ4n) is 4.36. The Hall–Kier alpha value is -3.86. The van der Waals surface area contributed by atoms with E-state index in [1.165, 1.54) is 31.8 Å². The monoisotopic (exact) mass is 779 g/mol. The van der Waals surface area contributed by atoms with Crippen molar-refractivity contribution in [2.45, 2.75) is 0 Å². The van der Waals surface area contributed by atoms with Crippen molar-refractivity contribution in [2.24, 2.45) is 0 Å². The third kappa shape index (κ3) is 10.7. The van der Waals surface area contributed by atoms with E-state index in [1.54, 1.807) is 0 Å². The molecule has 0 spiro atoms. The van der Waals surface area contributed by atoms with Gasteiger partial charge in [0.15, 0.2) is 0 Å². The summed E-state index contributed by atoms with van der Waals surface area (Å²) in [6.07, 6.45) is -2.33. The molecular formula is C37H30O3P2Pt. The first-order valence-electron chi connectivity index (χ1n) is 13.4. The molecule has 216 valence electrons. The first-order chi connectivity index (χ1) is 20.6. The van der Waals surface area contributed by atoms with E-state index in [4.69, 9.17) is 15.0 Å². The summed E-state index contributed by atoms with van der Waals surface area (Å²) in [6, 6.07) is 64.7. The summed E-state index contributed by atoms with van der Waals surface area (Å²) in [5.74, 6) is 0. The molecule has 0 aromatic heterocycles. The van der Waals surface area contributed by atoms with E-state index < -0.39 is 22.0 Å². The normalized spacial score (nSPS) is 9.91. The van der Waals surface area contributed by atoms with Gasteiger partial charge in [-0.15, -0.1) is 0 Å². The van der Waals surface area contributed by atoms with Crippen molar-refractivity contribution in [1.82, 2.24) is 0 Å². The summed E-state index contributed by atoms with van der Waals surface area (Å²) >= 11 is 0. The molecule has 6 aromatic carbocycles. The van der Waals surface area contributed by atoms with Crippen LogP contribution in [0.25, 0.3) is 0 Å². The second-order valence-electron chi connectivity index (χ2n) is 8.93. The van der Waals surface area contributed by atoms with Gasteiger partial charge in [-0.25, -0.2) is 0 Å². The largest absolute Gasteiger partial charge is 2.00 e. The van der Waals surface area contributed by atoms with Gasteiger partial charge in [0.25, 0.3) is 0 Å². The van der Waals surface area contributed by atoms with Crippen molar-refractivity contribution in [3.05, 3.63) is 182 Å². The number of carboxylic acid groups (broad SMARTS) is 2. The second kappa shape index (κ2) is 18.6. The zero-order chi connectivity index (χ0) is 29.4. The Kier molecular flexibility index (Phi) is 14.6. The Morgan fingerprint density at radius 2 is 0.442 bits per heavy atom. The van der Waals surface area contributed by atoms with Gasteiger partial charge in [0.05, 0.1) is 0 Å². The van der Waals surface area contributed by atoms with E-state index in [2.05, 4.69) is 182 Å². The number of carbonyl (C=O) groups is 1. The van der Waals surface area contributed by atoms with Crippen LogP contribution in [-0.2, 0) is 21.1 Å². The molecular weight excluding hydrogens is 749 g/mol. The van der Waals surface area contributed by atoms with Gasteiger partial charge in [-0.3, -0.25) is 0 Å². The maximum Gasteiger partial charge on any atom is 2.00 e. The van der Waals surface area contributed by atoms with E-state index in [0.29, 0.717) is 0 Å². The van der Waals surface area contributed by atoms with E-state index in [1.807, 2.05) is 0 Å². The minimum absolute atomic E-state index is 0. The molecule has 0 aliphatic rings. The van der Waals surface area contributed by atoms with E-state index in [9.17, 15) is 0 Å². The van der Waals surface area contributed by atoms with Gasteiger partial charge < -0.3 is 15.0 Å². The topological polar surface area (TPSA) is 63.2 Å². The maximum absolute atomic E-state index is 8.33. The maximum atomic E-state index is 8.33. The van der Waals surface area contributed by atoms with E-state index in [-0.39, 0.29) is 21.1 Å². The molecule has 0 amide bonds. The average Bonchev–Trinajstić information content (AvgIpc) is 3.05. The quantitative estimate of drug-likeness (QED) is 0.235. The fourth-order valence-corrected chi connectivity index (χ4v) is 8.97. The molecule has 6 heteroatoms. The number of hydrogen-bond acceptors (Lipinski definition) is 3. The Bertz CT molecular complexity index is 1280. The molecule has 6 aromatic rings. The van der Waals surface area contributed by atoms with Crippen LogP contribution in [-0.4, -0.2) is 6.16 Å². The van der Waals surface area contributed by atoms with Crippen LogP contribution in [0.3, 0.4) is 0 Å². The van der Waals surface area contributed by atoms with Gasteiger partial charge in [0, 0.05) is 0 Å². The molecule has 0 saturated heterocycles. The molecule has 3 nitrogen and oxygen atoms in total. The molecule has 0 saturated carbocycles. The SMILES string of the molecule is O=C([O-])[O-].[Pt+2].c1ccc(P(c2ccccc2)c2ccccc2)cc1.c1ccc(P(c2ccccc2)c2ccccc2)cc1. The molecule has 0 radical (unpaired) electrons. The van der Waals surface area contributed by atoms with Gasteiger partial charge >= 0.3 is 21.1 Å². The fraction of sp³-hybridized carbons (Fsp3) is 0. The van der Waals surface area contributed by atoms with Gasteiger partial charge in [0.2, 0.25) is 0 Å². The van der Waals surface area contributed by atoms with Crippen LogP contribution in [0.4, 0.5) is 4.79 Å². The molecule has 43 heavy (non-hydrogen) atoms. The predicted molar refractivity (Wildman–Crippen MR) is 176 cm³/mol. The average molecular weight is 780 g/mol. The van der Waals surface area contributed by atoms with E-state index in [0.717, 1.165) is 0 Å². The van der Waals surface area contributed by atoms with Crippen LogP contribution in [0.5, 0.6) is 0 Å². The summed E-state index contributed by atoms with van der Waals surface area (Å²) in [7, 11) is -0.892. The van der Waals surface area contributed by atoms with E-state index >= 15 is 0 Å². The summed E-state index contributed by atoms with van der Waals surface area (Å²) in [4.78, 5) is 8.33. The molecule has 0 heterocycles. The molecule has 0 unspecified atom stereocenters. The molecule has 6 rings (SSSR count). The Morgan fingerprint density at radius 3 is 0.558 bits per heavy atom. The summed E-state index contributed by atoms with van der Waals surface area (Å²) in [6.45, 7) is 0. The van der Waals surface area contributed by atoms with Crippen LogP contribution in [0.1, 0.15) is 0 Å². The van der Waals surface area contributed by atoms with Crippen LogP contribution >= 0.6 is 15.8 Å². The second-order valence-corrected chi connectivity index (χ2v) is 13.4. The number of carbonyl (C=O) groups excluding carboxylic acids is 1. The standard InChI is InChI=1S/2C18H15P.CH2O3.Pt/c2*1-4-10-16(11-5-1)19(17-12-6-2-7-13-17)18-14-8-3-9-15-18;2-1(3)4;/h2*1-15H;(H2,2,3,4);/q;;;+2/p-2. The summed E-state index contributed by atoms with van der Waals surface area (Å²) in [5.41, 5.74) is 0. The number of hydrogen-bond donors (Lipinski definition) is 0. The van der Waals surface area contributed by atoms with Crippen LogP contribution in [0, 0.1) is 0 Å². The molecule has 0 aliphatic carbocycles. The minimum atomic E-state index is -2.33. The van der Waals surface area contributed by atoms with Crippen molar-refractivity contribution in [3.8, 4) is 0 Å². The summed E-state index contributed by atoms with van der Waals surface area (Å²) in [5, 5.41) is 25.1. The zero-order valence-electron chi connectivity index (χ0n) is 23.3. The predicted octanol–water partition coefficient (Wildman–Crippen LogP) is 4.44. The van der Waals surface area contributed by atoms with Crippen LogP contribution in [0.15, 0.2) is 182 Å². The Labute approximate surface area is 270 Å². The third-order valence-corrected chi connectivity index (χ3v) is 11.0. The molecule has 0 bridgehead atoms. The third-order valence-electron chi connectivity index (χ3n) is 6.09. The molecule has 0 atom stereocenters. The van der Waals surface area contributed by atoms with Crippen molar-refractivity contribution in [3.63, 3.8) is 0 Å². The molecule has 0 aliphatic heterocycles. The van der Waals surface area contributed by atoms with Crippen molar-refractivity contribution in [1.29, 1.82) is 0 Å². The molecule has 0 N–H and O–H groups in total. The van der Waals surface area contributed by atoms with Gasteiger partial charge in [-0.1, -0.05) is 182 Å². The Balaban J connectivity index is 0.000000206. The number of benzene rings is 6. The summed E-state index contributed by atoms with van der Waals surface area (Å²) < 4.78 is 0. The first-order valence-corrected chi connectivity index (χ1v) is 16.1. The minimum Gasteiger partial charge on any atom is -0.652 e. The van der Waals surface area contributed by atoms with Crippen molar-refractivity contribution in [2.75, 3.05) is 0 Å². The molecule has 0 fully saturated rings. The Morgan fingerprint density at radius 1 is 0.326 bits per heavy atom. The van der Waals surface area contributed by atoms with Gasteiger partial charge in [-0.05, 0) is 53.8 Å². The number of rotatable bonds is 6. The van der Waals surface area contributed by atoms with Crippen LogP contribution in [0.2, 0.25) is 0 Å². The van der Waals surface area contributed by atoms with Crippen LogP contribution < -0.4 is 42.0 Å². The van der Waals surface area contributed by atoms with Crippen molar-refractivity contribution < 1.29 is 36.1 Å². The van der Waals surface area contributed by atoms with Gasteiger partial charge in [-0.2, -0.15) is 0 Å². The van der Waals surface area contributed by atoms with Gasteiger partial charge in [0.1, 0.15) is 0 Å². The first kappa shape index (κ1) is 33.6.